The molecular formula is C13H22ClN3O. The van der Waals surface area contributed by atoms with Crippen LogP contribution < -0.4 is 10.9 Å². The molecule has 1 aromatic heterocycles. The number of aromatic nitrogens is 2. The summed E-state index contributed by atoms with van der Waals surface area (Å²) in [5, 5.41) is 7.64. The van der Waals surface area contributed by atoms with E-state index >= 15 is 0 Å². The summed E-state index contributed by atoms with van der Waals surface area (Å²) in [6.45, 7) is 8.90. The van der Waals surface area contributed by atoms with Gasteiger partial charge in [-0.2, -0.15) is 5.10 Å². The molecule has 4 nitrogen and oxygen atoms in total. The van der Waals surface area contributed by atoms with Crippen molar-refractivity contribution >= 4 is 17.3 Å². The van der Waals surface area contributed by atoms with Gasteiger partial charge in [-0.1, -0.05) is 31.9 Å². The van der Waals surface area contributed by atoms with Crippen molar-refractivity contribution in [3.63, 3.8) is 0 Å². The number of nitrogens with one attached hydrogen (secondary N) is 1. The van der Waals surface area contributed by atoms with Crippen molar-refractivity contribution in [3.05, 3.63) is 21.6 Å². The fraction of sp³-hybridized carbons (Fsp3) is 0.692. The van der Waals surface area contributed by atoms with Crippen molar-refractivity contribution in [2.24, 2.45) is 0 Å². The van der Waals surface area contributed by atoms with Gasteiger partial charge in [0, 0.05) is 12.1 Å². The lowest BCUT2D eigenvalue weighted by Crippen LogP contribution is -2.32. The summed E-state index contributed by atoms with van der Waals surface area (Å²) in [6, 6.07) is 0. The van der Waals surface area contributed by atoms with Crippen molar-refractivity contribution in [2.75, 3.05) is 5.32 Å². The monoisotopic (exact) mass is 271 g/mol. The summed E-state index contributed by atoms with van der Waals surface area (Å²) >= 11 is 6.10. The highest BCUT2D eigenvalue weighted by Crippen LogP contribution is 2.23. The Hall–Kier alpha value is -1.03. The van der Waals surface area contributed by atoms with E-state index in [1.54, 1.807) is 6.20 Å². The SMILES string of the molecule is CCCn1ncc(NC(C)(C)CCC)c(Cl)c1=O. The second kappa shape index (κ2) is 6.23. The second-order valence-corrected chi connectivity index (χ2v) is 5.54. The minimum Gasteiger partial charge on any atom is -0.377 e. The Morgan fingerprint density at radius 2 is 2.06 bits per heavy atom. The smallest absolute Gasteiger partial charge is 0.287 e. The van der Waals surface area contributed by atoms with Crippen LogP contribution in [-0.2, 0) is 6.54 Å². The van der Waals surface area contributed by atoms with Crippen molar-refractivity contribution in [1.82, 2.24) is 9.78 Å². The van der Waals surface area contributed by atoms with E-state index in [2.05, 4.69) is 31.2 Å². The van der Waals surface area contributed by atoms with Crippen LogP contribution in [0.1, 0.15) is 47.0 Å². The number of halogens is 1. The highest BCUT2D eigenvalue weighted by Gasteiger charge is 2.19. The zero-order valence-corrected chi connectivity index (χ0v) is 12.3. The molecule has 0 amide bonds. The van der Waals surface area contributed by atoms with E-state index < -0.39 is 0 Å². The molecule has 0 aliphatic heterocycles. The number of aryl methyl sites for hydroxylation is 1. The Morgan fingerprint density at radius 3 is 2.61 bits per heavy atom. The van der Waals surface area contributed by atoms with Gasteiger partial charge >= 0.3 is 0 Å². The van der Waals surface area contributed by atoms with Crippen LogP contribution in [0.4, 0.5) is 5.69 Å². The van der Waals surface area contributed by atoms with Crippen molar-refractivity contribution in [3.8, 4) is 0 Å². The van der Waals surface area contributed by atoms with Gasteiger partial charge < -0.3 is 5.32 Å². The van der Waals surface area contributed by atoms with Crippen LogP contribution in [0.5, 0.6) is 0 Å². The lowest BCUT2D eigenvalue weighted by atomic mass is 9.99. The lowest BCUT2D eigenvalue weighted by Gasteiger charge is -2.27. The maximum atomic E-state index is 12.0. The van der Waals surface area contributed by atoms with Gasteiger partial charge in [-0.15, -0.1) is 0 Å². The Balaban J connectivity index is 2.99. The molecule has 1 N–H and O–H groups in total. The molecule has 1 aromatic rings. The van der Waals surface area contributed by atoms with Crippen LogP contribution in [-0.4, -0.2) is 15.3 Å². The maximum Gasteiger partial charge on any atom is 0.287 e. The minimum absolute atomic E-state index is 0.0938. The van der Waals surface area contributed by atoms with Crippen LogP contribution >= 0.6 is 11.6 Å². The maximum absolute atomic E-state index is 12.0. The third kappa shape index (κ3) is 3.73. The van der Waals surface area contributed by atoms with Crippen LogP contribution in [0.2, 0.25) is 5.02 Å². The average molecular weight is 272 g/mol. The van der Waals surface area contributed by atoms with Crippen LogP contribution in [0, 0.1) is 0 Å². The molecule has 0 saturated carbocycles. The highest BCUT2D eigenvalue weighted by atomic mass is 35.5. The molecule has 5 heteroatoms. The molecule has 0 unspecified atom stereocenters. The third-order valence-electron chi connectivity index (χ3n) is 2.77. The van der Waals surface area contributed by atoms with E-state index in [9.17, 15) is 4.79 Å². The number of hydrogen-bond donors (Lipinski definition) is 1. The van der Waals surface area contributed by atoms with E-state index in [1.165, 1.54) is 4.68 Å². The molecule has 102 valence electrons. The summed E-state index contributed by atoms with van der Waals surface area (Å²) in [7, 11) is 0. The normalized spacial score (nSPS) is 11.6. The molecule has 0 aliphatic rings. The summed E-state index contributed by atoms with van der Waals surface area (Å²) in [5.41, 5.74) is 0.298. The van der Waals surface area contributed by atoms with Crippen molar-refractivity contribution < 1.29 is 0 Å². The minimum atomic E-state index is -0.226. The fourth-order valence-electron chi connectivity index (χ4n) is 1.98. The van der Waals surface area contributed by atoms with Crippen molar-refractivity contribution in [2.45, 2.75) is 59.0 Å². The molecule has 0 aliphatic carbocycles. The van der Waals surface area contributed by atoms with E-state index in [-0.39, 0.29) is 16.1 Å². The molecule has 0 atom stereocenters. The fourth-order valence-corrected chi connectivity index (χ4v) is 2.17. The lowest BCUT2D eigenvalue weighted by molar-refractivity contribution is 0.508. The predicted molar refractivity (Wildman–Crippen MR) is 76.4 cm³/mol. The Bertz CT molecular complexity index is 454. The Labute approximate surface area is 113 Å². The van der Waals surface area contributed by atoms with Gasteiger partial charge in [0.15, 0.2) is 0 Å². The molecule has 1 heterocycles. The zero-order chi connectivity index (χ0) is 13.8. The van der Waals surface area contributed by atoms with Gasteiger partial charge in [0.05, 0.1) is 11.9 Å². The Morgan fingerprint density at radius 1 is 1.39 bits per heavy atom. The van der Waals surface area contributed by atoms with Crippen LogP contribution in [0.15, 0.2) is 11.0 Å². The number of hydrogen-bond acceptors (Lipinski definition) is 3. The second-order valence-electron chi connectivity index (χ2n) is 5.16. The van der Waals surface area contributed by atoms with Crippen LogP contribution in [0.25, 0.3) is 0 Å². The third-order valence-corrected chi connectivity index (χ3v) is 3.13. The highest BCUT2D eigenvalue weighted by molar-refractivity contribution is 6.32. The molecule has 0 aromatic carbocycles. The van der Waals surface area contributed by atoms with Gasteiger partial charge in [-0.05, 0) is 26.7 Å². The van der Waals surface area contributed by atoms with E-state index in [4.69, 9.17) is 11.6 Å². The molecule has 0 spiro atoms. The van der Waals surface area contributed by atoms with Gasteiger partial charge in [0.25, 0.3) is 5.56 Å². The molecule has 0 saturated heterocycles. The first kappa shape index (κ1) is 15.0. The van der Waals surface area contributed by atoms with Gasteiger partial charge in [0.2, 0.25) is 0 Å². The molecule has 1 rings (SSSR count). The topological polar surface area (TPSA) is 46.9 Å². The summed E-state index contributed by atoms with van der Waals surface area (Å²) < 4.78 is 1.40. The predicted octanol–water partition coefficient (Wildman–Crippen LogP) is 3.30. The van der Waals surface area contributed by atoms with E-state index in [0.717, 1.165) is 19.3 Å². The van der Waals surface area contributed by atoms with Gasteiger partial charge in [-0.25, -0.2) is 4.68 Å². The first-order valence-electron chi connectivity index (χ1n) is 6.45. The van der Waals surface area contributed by atoms with Gasteiger partial charge in [0.1, 0.15) is 5.02 Å². The van der Waals surface area contributed by atoms with E-state index in [0.29, 0.717) is 12.2 Å². The summed E-state index contributed by atoms with van der Waals surface area (Å²) in [6.07, 6.45) is 4.56. The molecule has 18 heavy (non-hydrogen) atoms. The first-order chi connectivity index (χ1) is 8.41. The Kier molecular flexibility index (Phi) is 5.20. The van der Waals surface area contributed by atoms with E-state index in [1.807, 2.05) is 6.92 Å². The quantitative estimate of drug-likeness (QED) is 0.864. The molecule has 0 radical (unpaired) electrons. The average Bonchev–Trinajstić information content (AvgIpc) is 2.29. The molecular weight excluding hydrogens is 250 g/mol. The van der Waals surface area contributed by atoms with Crippen molar-refractivity contribution in [1.29, 1.82) is 0 Å². The molecule has 0 fully saturated rings. The number of anilines is 1. The standard InChI is InChI=1S/C13H22ClN3O/c1-5-7-13(3,4)16-10-9-15-17(8-6-2)12(18)11(10)14/h9,16H,5-8H2,1-4H3. The summed E-state index contributed by atoms with van der Waals surface area (Å²) in [4.78, 5) is 12.0. The molecule has 0 bridgehead atoms. The largest absolute Gasteiger partial charge is 0.377 e. The number of nitrogens with zero attached hydrogens (tertiary/aromatic N) is 2. The van der Waals surface area contributed by atoms with Gasteiger partial charge in [-0.3, -0.25) is 4.79 Å². The first-order valence-corrected chi connectivity index (χ1v) is 6.83. The summed E-state index contributed by atoms with van der Waals surface area (Å²) in [5.74, 6) is 0. The zero-order valence-electron chi connectivity index (χ0n) is 11.6. The van der Waals surface area contributed by atoms with Crippen LogP contribution in [0.3, 0.4) is 0 Å². The number of rotatable bonds is 6.